The first-order chi connectivity index (χ1) is 2.00. The Bertz CT molecular complexity index is 57.8. The lowest BCUT2D eigenvalue weighted by Gasteiger charge is -1.78. The van der Waals surface area contributed by atoms with Crippen molar-refractivity contribution in [3.63, 3.8) is 0 Å². The van der Waals surface area contributed by atoms with Crippen LogP contribution >= 0.6 is 31.1 Å². The Kier molecular flexibility index (Phi) is 2.38. The van der Waals surface area contributed by atoms with Gasteiger partial charge in [-0.3, -0.25) is 0 Å². The molecule has 32 valence electrons. The molecule has 0 radical (unpaired) electrons. The third-order valence-electron chi connectivity index (χ3n) is 0. The van der Waals surface area contributed by atoms with Crippen molar-refractivity contribution in [1.82, 2.24) is 0 Å². The second-order valence-corrected chi connectivity index (χ2v) is 10.3. The molecule has 0 aromatic carbocycles. The summed E-state index contributed by atoms with van der Waals surface area (Å²) in [5.74, 6) is 0. The number of hydrogen-bond donors (Lipinski definition) is 0. The average Bonchev–Trinajstić information content (AvgIpc) is 0.722. The smallest absolute Gasteiger partial charge is 0.188 e. The minimum atomic E-state index is -3.02. The molecular formula is BrClFPS. The lowest BCUT2D eigenvalue weighted by molar-refractivity contribution is 0.929. The van der Waals surface area contributed by atoms with Crippen molar-refractivity contribution < 1.29 is 4.20 Å². The van der Waals surface area contributed by atoms with Gasteiger partial charge in [-0.2, -0.15) is 4.20 Å². The Morgan fingerprint density at radius 2 is 2.00 bits per heavy atom. The van der Waals surface area contributed by atoms with Gasteiger partial charge in [0.05, 0.1) is 0 Å². The van der Waals surface area contributed by atoms with Gasteiger partial charge in [-0.1, -0.05) is 0 Å². The fraction of sp³-hybridized carbons (Fsp3) is 0. The molecule has 0 aliphatic rings. The van der Waals surface area contributed by atoms with E-state index in [1.807, 2.05) is 0 Å². The standard InChI is InChI=1S/BrClFPS/c1-4(2,3)5. The monoisotopic (exact) mass is 196 g/mol. The molecule has 0 spiro atoms. The molecule has 0 saturated heterocycles. The van der Waals surface area contributed by atoms with Crippen molar-refractivity contribution in [3.8, 4) is 0 Å². The fourth-order valence-electron chi connectivity index (χ4n) is 0. The summed E-state index contributed by atoms with van der Waals surface area (Å²) in [6.07, 6.45) is 0. The second kappa shape index (κ2) is 1.87. The maximum Gasteiger partial charge on any atom is 0.258 e. The van der Waals surface area contributed by atoms with Gasteiger partial charge in [0.1, 0.15) is 0 Å². The third kappa shape index (κ3) is 32.9. The van der Waals surface area contributed by atoms with Gasteiger partial charge in [0.2, 0.25) is 0 Å². The molecule has 0 aliphatic carbocycles. The van der Waals surface area contributed by atoms with Gasteiger partial charge in [-0.15, -0.1) is 0 Å². The quantitative estimate of drug-likeness (QED) is 0.538. The number of hydrogen-bond acceptors (Lipinski definition) is 1. The molecule has 0 saturated carbocycles. The highest BCUT2D eigenvalue weighted by atomic mass is 79.9. The highest BCUT2D eigenvalue weighted by Gasteiger charge is 1.98. The molecular weight excluding hydrogens is 197 g/mol. The SMILES string of the molecule is FP(=S)(Cl)Br. The summed E-state index contributed by atoms with van der Waals surface area (Å²) in [5, 5.41) is 0. The molecule has 0 heterocycles. The first-order valence-electron chi connectivity index (χ1n) is 0.690. The van der Waals surface area contributed by atoms with E-state index < -0.39 is 4.40 Å². The van der Waals surface area contributed by atoms with Crippen LogP contribution in [0.1, 0.15) is 0 Å². The molecule has 0 fully saturated rings. The molecule has 5 heteroatoms. The maximum atomic E-state index is 11.3. The van der Waals surface area contributed by atoms with Crippen LogP contribution in [-0.4, -0.2) is 0 Å². The lowest BCUT2D eigenvalue weighted by atomic mass is 18.9. The van der Waals surface area contributed by atoms with Crippen LogP contribution in [0.5, 0.6) is 0 Å². The van der Waals surface area contributed by atoms with E-state index in [0.717, 1.165) is 0 Å². The van der Waals surface area contributed by atoms with Crippen LogP contribution in [0, 0.1) is 0 Å². The van der Waals surface area contributed by atoms with E-state index in [1.165, 1.54) is 0 Å². The van der Waals surface area contributed by atoms with Gasteiger partial charge >= 0.3 is 0 Å². The topological polar surface area (TPSA) is 0 Å². The molecule has 0 aliphatic heterocycles. The van der Waals surface area contributed by atoms with Crippen molar-refractivity contribution >= 4 is 42.9 Å². The van der Waals surface area contributed by atoms with Crippen LogP contribution in [0.15, 0.2) is 0 Å². The summed E-state index contributed by atoms with van der Waals surface area (Å²) in [7, 11) is 0. The summed E-state index contributed by atoms with van der Waals surface area (Å²) >= 11 is 11.1. The van der Waals surface area contributed by atoms with E-state index in [9.17, 15) is 4.20 Å². The van der Waals surface area contributed by atoms with Gasteiger partial charge in [-0.05, 0) is 23.0 Å². The summed E-state index contributed by atoms with van der Waals surface area (Å²) in [4.78, 5) is 0. The summed E-state index contributed by atoms with van der Waals surface area (Å²) in [6, 6.07) is 0. The van der Waals surface area contributed by atoms with E-state index in [1.54, 1.807) is 0 Å². The molecule has 0 aromatic heterocycles. The van der Waals surface area contributed by atoms with Crippen LogP contribution in [0.25, 0.3) is 0 Å². The van der Waals surface area contributed by atoms with Crippen LogP contribution in [0.4, 0.5) is 4.20 Å². The summed E-state index contributed by atoms with van der Waals surface area (Å²) in [5.41, 5.74) is 0. The Morgan fingerprint density at radius 3 is 2.00 bits per heavy atom. The Hall–Kier alpha value is 1.35. The highest BCUT2D eigenvalue weighted by molar-refractivity contribution is 9.45. The van der Waals surface area contributed by atoms with Crippen molar-refractivity contribution in [2.75, 3.05) is 0 Å². The molecule has 0 nitrogen and oxygen atoms in total. The largest absolute Gasteiger partial charge is 0.258 e. The van der Waals surface area contributed by atoms with E-state index in [2.05, 4.69) is 27.3 Å². The van der Waals surface area contributed by atoms with Crippen molar-refractivity contribution in [2.45, 2.75) is 0 Å². The van der Waals surface area contributed by atoms with E-state index in [-0.39, 0.29) is 0 Å². The average molecular weight is 197 g/mol. The molecule has 1 atom stereocenters. The Morgan fingerprint density at radius 1 is 2.00 bits per heavy atom. The molecule has 1 unspecified atom stereocenters. The van der Waals surface area contributed by atoms with E-state index in [4.69, 9.17) is 11.2 Å². The number of halogens is 3. The lowest BCUT2D eigenvalue weighted by Crippen LogP contribution is -1.19. The molecule has 0 amide bonds. The van der Waals surface area contributed by atoms with Crippen LogP contribution in [-0.2, 0) is 11.8 Å². The van der Waals surface area contributed by atoms with Gasteiger partial charge in [0.25, 0.3) is 4.40 Å². The maximum absolute atomic E-state index is 11.3. The predicted octanol–water partition coefficient (Wildman–Crippen LogP) is 2.81. The fourth-order valence-corrected chi connectivity index (χ4v) is 0. The van der Waals surface area contributed by atoms with Crippen molar-refractivity contribution in [1.29, 1.82) is 0 Å². The minimum absolute atomic E-state index is 2.40. The van der Waals surface area contributed by atoms with Crippen LogP contribution in [0.2, 0.25) is 0 Å². The van der Waals surface area contributed by atoms with E-state index in [0.29, 0.717) is 0 Å². The second-order valence-electron chi connectivity index (χ2n) is 0.399. The van der Waals surface area contributed by atoms with Crippen LogP contribution in [0.3, 0.4) is 0 Å². The molecule has 5 heavy (non-hydrogen) atoms. The predicted molar refractivity (Wildman–Crippen MR) is 30.2 cm³/mol. The van der Waals surface area contributed by atoms with Gasteiger partial charge < -0.3 is 0 Å². The zero-order valence-corrected chi connectivity index (χ0v) is 6.04. The number of rotatable bonds is 0. The normalized spacial score (nSPS) is 21.4. The first kappa shape index (κ1) is 6.35. The zero-order valence-electron chi connectivity index (χ0n) is 1.99. The van der Waals surface area contributed by atoms with Crippen LogP contribution < -0.4 is 0 Å². The van der Waals surface area contributed by atoms with Gasteiger partial charge in [0.15, 0.2) is 0 Å². The van der Waals surface area contributed by atoms with Gasteiger partial charge in [0, 0.05) is 15.5 Å². The summed E-state index contributed by atoms with van der Waals surface area (Å²) < 4.78 is 8.27. The zero-order chi connectivity index (χ0) is 4.50. The minimum Gasteiger partial charge on any atom is -0.188 e. The molecule has 0 rings (SSSR count). The van der Waals surface area contributed by atoms with E-state index >= 15 is 0 Å². The third-order valence-corrected chi connectivity index (χ3v) is 0. The van der Waals surface area contributed by atoms with Crippen molar-refractivity contribution in [3.05, 3.63) is 0 Å². The Labute approximate surface area is 47.4 Å². The summed E-state index contributed by atoms with van der Waals surface area (Å²) in [6.45, 7) is 0. The van der Waals surface area contributed by atoms with Crippen molar-refractivity contribution in [2.24, 2.45) is 0 Å². The van der Waals surface area contributed by atoms with Gasteiger partial charge in [-0.25, -0.2) is 0 Å². The molecule has 0 bridgehead atoms. The molecule has 0 N–H and O–H groups in total. The highest BCUT2D eigenvalue weighted by Crippen LogP contribution is 2.60. The first-order valence-corrected chi connectivity index (χ1v) is 6.31. The Balaban J connectivity index is 3.47. The molecule has 0 aromatic rings.